The van der Waals surface area contributed by atoms with Gasteiger partial charge in [0, 0.05) is 38.8 Å². The molecule has 1 saturated heterocycles. The Kier molecular flexibility index (Phi) is 5.96. The SMILES string of the molecule is Cc1ccc(CN2CCN(Cc3nc(-c4cccs4)oc3C)C[C@H]2CCO)o1. The zero-order valence-electron chi connectivity index (χ0n) is 16.4. The quantitative estimate of drug-likeness (QED) is 0.651. The molecule has 28 heavy (non-hydrogen) atoms. The summed E-state index contributed by atoms with van der Waals surface area (Å²) in [5.74, 6) is 3.52. The van der Waals surface area contributed by atoms with Crippen molar-refractivity contribution in [1.29, 1.82) is 0 Å². The van der Waals surface area contributed by atoms with Crippen LogP contribution in [0.3, 0.4) is 0 Å². The molecule has 0 radical (unpaired) electrons. The van der Waals surface area contributed by atoms with E-state index >= 15 is 0 Å². The van der Waals surface area contributed by atoms with Crippen LogP contribution in [0.5, 0.6) is 0 Å². The molecule has 0 spiro atoms. The van der Waals surface area contributed by atoms with Crippen molar-refractivity contribution >= 4 is 11.3 Å². The third-order valence-corrected chi connectivity index (χ3v) is 6.16. The Labute approximate surface area is 169 Å². The van der Waals surface area contributed by atoms with E-state index in [2.05, 4.69) is 9.80 Å². The number of piperazine rings is 1. The number of aryl methyl sites for hydroxylation is 2. The molecule has 3 aromatic rings. The average Bonchev–Trinajstić information content (AvgIpc) is 3.40. The highest BCUT2D eigenvalue weighted by atomic mass is 32.1. The minimum Gasteiger partial charge on any atom is -0.465 e. The van der Waals surface area contributed by atoms with Gasteiger partial charge in [-0.25, -0.2) is 4.98 Å². The van der Waals surface area contributed by atoms with Crippen molar-refractivity contribution in [1.82, 2.24) is 14.8 Å². The van der Waals surface area contributed by atoms with Gasteiger partial charge in [-0.05, 0) is 43.8 Å². The lowest BCUT2D eigenvalue weighted by molar-refractivity contribution is 0.0447. The number of oxazole rings is 1. The average molecular weight is 402 g/mol. The van der Waals surface area contributed by atoms with Gasteiger partial charge in [0.2, 0.25) is 5.89 Å². The van der Waals surface area contributed by atoms with Crippen LogP contribution in [0.2, 0.25) is 0 Å². The molecule has 0 saturated carbocycles. The van der Waals surface area contributed by atoms with E-state index in [9.17, 15) is 5.11 Å². The fourth-order valence-corrected chi connectivity index (χ4v) is 4.44. The molecule has 0 bridgehead atoms. The number of nitrogens with zero attached hydrogens (tertiary/aromatic N) is 3. The number of rotatable bonds is 7. The number of furan rings is 1. The van der Waals surface area contributed by atoms with Crippen LogP contribution in [-0.2, 0) is 13.1 Å². The van der Waals surface area contributed by atoms with Crippen LogP contribution in [0.4, 0.5) is 0 Å². The van der Waals surface area contributed by atoms with E-state index in [4.69, 9.17) is 13.8 Å². The second-order valence-electron chi connectivity index (χ2n) is 7.38. The summed E-state index contributed by atoms with van der Waals surface area (Å²) in [6, 6.07) is 8.39. The second kappa shape index (κ2) is 8.61. The number of aliphatic hydroxyl groups excluding tert-OH is 1. The molecule has 0 unspecified atom stereocenters. The predicted octanol–water partition coefficient (Wildman–Crippen LogP) is 3.68. The Morgan fingerprint density at radius 2 is 2.07 bits per heavy atom. The number of aliphatic hydroxyl groups is 1. The largest absolute Gasteiger partial charge is 0.465 e. The van der Waals surface area contributed by atoms with Crippen molar-refractivity contribution in [3.63, 3.8) is 0 Å². The molecule has 0 amide bonds. The summed E-state index contributed by atoms with van der Waals surface area (Å²) in [5, 5.41) is 11.6. The predicted molar refractivity (Wildman–Crippen MR) is 109 cm³/mol. The molecule has 1 aliphatic rings. The first-order chi connectivity index (χ1) is 13.6. The maximum Gasteiger partial charge on any atom is 0.236 e. The Morgan fingerprint density at radius 3 is 2.79 bits per heavy atom. The molecule has 0 aromatic carbocycles. The van der Waals surface area contributed by atoms with Crippen LogP contribution in [0, 0.1) is 13.8 Å². The Morgan fingerprint density at radius 1 is 1.18 bits per heavy atom. The number of thiophene rings is 1. The van der Waals surface area contributed by atoms with Crippen molar-refractivity contribution in [3.05, 3.63) is 52.6 Å². The van der Waals surface area contributed by atoms with Gasteiger partial charge in [0.05, 0.1) is 17.1 Å². The van der Waals surface area contributed by atoms with E-state index in [1.165, 1.54) is 0 Å². The smallest absolute Gasteiger partial charge is 0.236 e. The van der Waals surface area contributed by atoms with Gasteiger partial charge in [-0.1, -0.05) is 6.07 Å². The lowest BCUT2D eigenvalue weighted by Gasteiger charge is -2.40. The summed E-state index contributed by atoms with van der Waals surface area (Å²) >= 11 is 1.64. The zero-order valence-corrected chi connectivity index (χ0v) is 17.2. The summed E-state index contributed by atoms with van der Waals surface area (Å²) in [4.78, 5) is 10.6. The van der Waals surface area contributed by atoms with Crippen LogP contribution in [0.15, 0.2) is 38.5 Å². The van der Waals surface area contributed by atoms with Gasteiger partial charge >= 0.3 is 0 Å². The molecule has 150 valence electrons. The zero-order chi connectivity index (χ0) is 19.5. The molecule has 7 heteroatoms. The van der Waals surface area contributed by atoms with E-state index in [-0.39, 0.29) is 6.61 Å². The minimum atomic E-state index is 0.192. The fraction of sp³-hybridized carbons (Fsp3) is 0.476. The third-order valence-electron chi connectivity index (χ3n) is 5.30. The normalized spacial score (nSPS) is 18.8. The molecule has 1 atom stereocenters. The first-order valence-corrected chi connectivity index (χ1v) is 10.6. The third kappa shape index (κ3) is 4.38. The first-order valence-electron chi connectivity index (χ1n) is 9.75. The monoisotopic (exact) mass is 401 g/mol. The molecule has 0 aliphatic carbocycles. The summed E-state index contributed by atoms with van der Waals surface area (Å²) in [6.07, 6.45) is 0.758. The van der Waals surface area contributed by atoms with Crippen LogP contribution >= 0.6 is 11.3 Å². The Hall–Kier alpha value is -1.93. The lowest BCUT2D eigenvalue weighted by atomic mass is 10.1. The molecule has 4 heterocycles. The highest BCUT2D eigenvalue weighted by molar-refractivity contribution is 7.13. The summed E-state index contributed by atoms with van der Waals surface area (Å²) < 4.78 is 11.6. The molecule has 4 rings (SSSR count). The van der Waals surface area contributed by atoms with Crippen LogP contribution < -0.4 is 0 Å². The van der Waals surface area contributed by atoms with Crippen LogP contribution in [0.25, 0.3) is 10.8 Å². The molecule has 1 aliphatic heterocycles. The van der Waals surface area contributed by atoms with E-state index in [0.717, 1.165) is 67.0 Å². The van der Waals surface area contributed by atoms with Gasteiger partial charge in [-0.15, -0.1) is 11.3 Å². The van der Waals surface area contributed by atoms with Crippen molar-refractivity contribution in [2.24, 2.45) is 0 Å². The molecular formula is C21H27N3O3S. The van der Waals surface area contributed by atoms with E-state index in [1.54, 1.807) is 11.3 Å². The van der Waals surface area contributed by atoms with Crippen LogP contribution in [-0.4, -0.2) is 52.2 Å². The van der Waals surface area contributed by atoms with Gasteiger partial charge in [0.25, 0.3) is 0 Å². The summed E-state index contributed by atoms with van der Waals surface area (Å²) in [7, 11) is 0. The highest BCUT2D eigenvalue weighted by Gasteiger charge is 2.28. The van der Waals surface area contributed by atoms with Crippen molar-refractivity contribution in [2.45, 2.75) is 39.4 Å². The molecular weight excluding hydrogens is 374 g/mol. The maximum absolute atomic E-state index is 9.54. The minimum absolute atomic E-state index is 0.192. The number of hydrogen-bond donors (Lipinski definition) is 1. The topological polar surface area (TPSA) is 65.9 Å². The second-order valence-corrected chi connectivity index (χ2v) is 8.33. The van der Waals surface area contributed by atoms with Crippen LogP contribution in [0.1, 0.15) is 29.4 Å². The summed E-state index contributed by atoms with van der Waals surface area (Å²) in [5.41, 5.74) is 1.00. The molecule has 1 N–H and O–H groups in total. The number of aromatic nitrogens is 1. The molecule has 3 aromatic heterocycles. The van der Waals surface area contributed by atoms with Crippen molar-refractivity contribution in [3.8, 4) is 10.8 Å². The van der Waals surface area contributed by atoms with Gasteiger partial charge in [0.1, 0.15) is 17.3 Å². The first kappa shape index (κ1) is 19.4. The van der Waals surface area contributed by atoms with Gasteiger partial charge < -0.3 is 13.9 Å². The van der Waals surface area contributed by atoms with E-state index in [1.807, 2.05) is 43.5 Å². The van der Waals surface area contributed by atoms with Gasteiger partial charge in [0.15, 0.2) is 0 Å². The van der Waals surface area contributed by atoms with Gasteiger partial charge in [-0.2, -0.15) is 0 Å². The standard InChI is InChI=1S/C21H27N3O3S/c1-15-5-6-18(26-15)13-24-9-8-23(12-17(24)7-10-25)14-19-16(2)27-21(22-19)20-4-3-11-28-20/h3-6,11,17,25H,7-10,12-14H2,1-2H3/t17-/m1/s1. The Bertz CT molecular complexity index is 887. The fourth-order valence-electron chi connectivity index (χ4n) is 3.79. The van der Waals surface area contributed by atoms with Gasteiger partial charge in [-0.3, -0.25) is 9.80 Å². The van der Waals surface area contributed by atoms with Crippen molar-refractivity contribution in [2.75, 3.05) is 26.2 Å². The summed E-state index contributed by atoms with van der Waals surface area (Å²) in [6.45, 7) is 8.52. The molecule has 1 fully saturated rings. The maximum atomic E-state index is 9.54. The van der Waals surface area contributed by atoms with E-state index in [0.29, 0.717) is 11.9 Å². The Balaban J connectivity index is 1.41. The van der Waals surface area contributed by atoms with E-state index < -0.39 is 0 Å². The lowest BCUT2D eigenvalue weighted by Crippen LogP contribution is -2.52. The number of hydrogen-bond acceptors (Lipinski definition) is 7. The van der Waals surface area contributed by atoms with Crippen molar-refractivity contribution < 1.29 is 13.9 Å². The highest BCUT2D eigenvalue weighted by Crippen LogP contribution is 2.27. The molecule has 6 nitrogen and oxygen atoms in total.